The number of pyridine rings is 2. The van der Waals surface area contributed by atoms with Crippen molar-refractivity contribution in [1.29, 1.82) is 0 Å². The first-order chi connectivity index (χ1) is 28.5. The van der Waals surface area contributed by atoms with Crippen LogP contribution in [0.15, 0.2) is 110 Å². The van der Waals surface area contributed by atoms with Gasteiger partial charge in [-0.1, -0.05) is 48.6 Å². The van der Waals surface area contributed by atoms with Crippen LogP contribution in [-0.2, 0) is 30.7 Å². The maximum atomic E-state index is 13.8. The number of imide groups is 1. The second kappa shape index (κ2) is 17.3. The standard InChI is InChI=1S/C24H25N5O4.C19H17N5O2/c1-24(2,3)33-23(31)29-20-10-7-9-19(26-20)21-27-25-15-28(21)13-6-5-8-16-11-12-17(32-4)14-18(16)22(29)30;1-26-14-9-8-13-5-2-3-10-24-12-20-23-18(24)16-6-4-7-17(21-16)22-19(25)15(13)11-14/h5-7,9-12,14-15H,8,13H2,1-4H3;2-4,6-9,11-12H,5,10H2,1H3,(H,21,22,25). The molecule has 0 unspecified atom stereocenters. The minimum atomic E-state index is -0.821. The van der Waals surface area contributed by atoms with Gasteiger partial charge in [0.1, 0.15) is 52.8 Å². The van der Waals surface area contributed by atoms with Gasteiger partial charge in [-0.3, -0.25) is 9.59 Å². The first kappa shape index (κ1) is 39.7. The molecule has 0 saturated heterocycles. The van der Waals surface area contributed by atoms with E-state index in [0.717, 1.165) is 16.0 Å². The van der Waals surface area contributed by atoms with E-state index in [-0.39, 0.29) is 11.7 Å². The van der Waals surface area contributed by atoms with Crippen molar-refractivity contribution in [2.45, 2.75) is 52.3 Å². The number of rotatable bonds is 2. The summed E-state index contributed by atoms with van der Waals surface area (Å²) >= 11 is 0. The molecular formula is C43H42N10O6. The molecule has 6 heterocycles. The number of hydrogen-bond donors (Lipinski definition) is 1. The van der Waals surface area contributed by atoms with E-state index in [0.29, 0.717) is 77.4 Å². The molecule has 4 bridgehead atoms. The number of methoxy groups -OCH3 is 2. The Morgan fingerprint density at radius 2 is 1.25 bits per heavy atom. The van der Waals surface area contributed by atoms with Gasteiger partial charge in [0.2, 0.25) is 0 Å². The third-order valence-electron chi connectivity index (χ3n) is 9.14. The lowest BCUT2D eigenvalue weighted by molar-refractivity contribution is 0.0562. The van der Waals surface area contributed by atoms with E-state index in [2.05, 4.69) is 35.7 Å². The average Bonchev–Trinajstić information content (AvgIpc) is 3.90. The molecule has 16 heteroatoms. The fraction of sp³-hybridized carbons (Fsp3) is 0.233. The molecule has 16 nitrogen and oxygen atoms in total. The van der Waals surface area contributed by atoms with Crippen LogP contribution in [0.4, 0.5) is 16.4 Å². The lowest BCUT2D eigenvalue weighted by Gasteiger charge is -2.26. The van der Waals surface area contributed by atoms with Gasteiger partial charge >= 0.3 is 6.09 Å². The van der Waals surface area contributed by atoms with Gasteiger partial charge in [0.05, 0.1) is 14.2 Å². The molecule has 6 aromatic rings. The van der Waals surface area contributed by atoms with Crippen LogP contribution in [0.2, 0.25) is 0 Å². The van der Waals surface area contributed by atoms with Crippen LogP contribution >= 0.6 is 0 Å². The summed E-state index contributed by atoms with van der Waals surface area (Å²) in [6, 6.07) is 21.2. The fourth-order valence-corrected chi connectivity index (χ4v) is 6.30. The highest BCUT2D eigenvalue weighted by atomic mass is 16.6. The number of hydrogen-bond acceptors (Lipinski definition) is 12. The van der Waals surface area contributed by atoms with Gasteiger partial charge in [-0.05, 0) is 93.3 Å². The Bertz CT molecular complexity index is 2570. The van der Waals surface area contributed by atoms with Gasteiger partial charge in [-0.15, -0.1) is 20.4 Å². The minimum absolute atomic E-state index is 0.127. The van der Waals surface area contributed by atoms with Gasteiger partial charge < -0.3 is 28.7 Å². The third-order valence-corrected chi connectivity index (χ3v) is 9.14. The molecule has 0 atom stereocenters. The summed E-state index contributed by atoms with van der Waals surface area (Å²) in [7, 11) is 3.11. The molecule has 0 saturated carbocycles. The molecule has 2 aliphatic heterocycles. The summed E-state index contributed by atoms with van der Waals surface area (Å²) in [5.41, 5.74) is 2.87. The highest BCUT2D eigenvalue weighted by Crippen LogP contribution is 2.27. The normalized spacial score (nSPS) is 13.7. The molecule has 0 spiro atoms. The van der Waals surface area contributed by atoms with Crippen LogP contribution in [-0.4, -0.2) is 77.2 Å². The Morgan fingerprint density at radius 3 is 1.85 bits per heavy atom. The van der Waals surface area contributed by atoms with Crippen molar-refractivity contribution in [3.63, 3.8) is 0 Å². The van der Waals surface area contributed by atoms with Crippen molar-refractivity contribution in [2.24, 2.45) is 0 Å². The molecule has 8 rings (SSSR count). The number of anilines is 2. The average molecular weight is 795 g/mol. The molecule has 0 aliphatic carbocycles. The summed E-state index contributed by atoms with van der Waals surface area (Å²) in [6.07, 6.45) is 11.6. The molecule has 2 aromatic carbocycles. The van der Waals surface area contributed by atoms with Gasteiger partial charge in [0.25, 0.3) is 11.8 Å². The van der Waals surface area contributed by atoms with Crippen LogP contribution < -0.4 is 19.7 Å². The minimum Gasteiger partial charge on any atom is -0.497 e. The maximum absolute atomic E-state index is 13.8. The number of ether oxygens (including phenoxy) is 3. The zero-order valence-electron chi connectivity index (χ0n) is 33.2. The second-order valence-electron chi connectivity index (χ2n) is 14.4. The zero-order valence-corrected chi connectivity index (χ0v) is 33.2. The first-order valence-electron chi connectivity index (χ1n) is 18.7. The predicted molar refractivity (Wildman–Crippen MR) is 219 cm³/mol. The second-order valence-corrected chi connectivity index (χ2v) is 14.4. The van der Waals surface area contributed by atoms with Gasteiger partial charge in [0.15, 0.2) is 11.6 Å². The fourth-order valence-electron chi connectivity index (χ4n) is 6.30. The van der Waals surface area contributed by atoms with Crippen molar-refractivity contribution >= 4 is 29.5 Å². The zero-order chi connectivity index (χ0) is 41.5. The summed E-state index contributed by atoms with van der Waals surface area (Å²) in [5.74, 6) is 2.13. The molecule has 3 amide bonds. The van der Waals surface area contributed by atoms with Crippen molar-refractivity contribution < 1.29 is 28.6 Å². The SMILES string of the molecule is COc1ccc2c(c1)C(=O)N(C(=O)OC(C)(C)C)c1cccc(n1)-c1nncn1CC=CC2.COc1ccc2c(c1)C(=O)Nc1cccc(n1)-c1nncn1CC=CC2. The molecule has 0 fully saturated rings. The van der Waals surface area contributed by atoms with Crippen LogP contribution in [0.1, 0.15) is 52.6 Å². The lowest BCUT2D eigenvalue weighted by atomic mass is 10.0. The molecular weight excluding hydrogens is 753 g/mol. The van der Waals surface area contributed by atoms with Crippen LogP contribution in [0, 0.1) is 0 Å². The molecule has 4 aromatic heterocycles. The van der Waals surface area contributed by atoms with E-state index in [9.17, 15) is 14.4 Å². The molecule has 2 aliphatic rings. The van der Waals surface area contributed by atoms with Crippen molar-refractivity contribution in [3.8, 4) is 34.5 Å². The number of carbonyl (C=O) groups is 3. The number of aromatic nitrogens is 8. The van der Waals surface area contributed by atoms with Gasteiger partial charge in [-0.2, -0.15) is 4.90 Å². The Balaban J connectivity index is 0.000000184. The summed E-state index contributed by atoms with van der Waals surface area (Å²) < 4.78 is 19.9. The lowest BCUT2D eigenvalue weighted by Crippen LogP contribution is -2.42. The highest BCUT2D eigenvalue weighted by Gasteiger charge is 2.32. The number of nitrogens with zero attached hydrogens (tertiary/aromatic N) is 9. The number of amides is 3. The Kier molecular flexibility index (Phi) is 11.7. The van der Waals surface area contributed by atoms with E-state index in [4.69, 9.17) is 14.2 Å². The van der Waals surface area contributed by atoms with E-state index < -0.39 is 17.6 Å². The van der Waals surface area contributed by atoms with Crippen LogP contribution in [0.5, 0.6) is 11.5 Å². The van der Waals surface area contributed by atoms with Crippen LogP contribution in [0.25, 0.3) is 23.0 Å². The number of carbonyl (C=O) groups excluding carboxylic acids is 3. The number of fused-ring (bicyclic) bond motifs is 10. The predicted octanol–water partition coefficient (Wildman–Crippen LogP) is 6.76. The topological polar surface area (TPSA) is 181 Å². The number of nitrogens with one attached hydrogen (secondary N) is 1. The largest absolute Gasteiger partial charge is 0.497 e. The Labute approximate surface area is 340 Å². The van der Waals surface area contributed by atoms with Gasteiger partial charge in [-0.25, -0.2) is 14.8 Å². The summed E-state index contributed by atoms with van der Waals surface area (Å²) in [5, 5.41) is 19.2. The summed E-state index contributed by atoms with van der Waals surface area (Å²) in [4.78, 5) is 49.9. The Morgan fingerprint density at radius 1 is 0.695 bits per heavy atom. The molecule has 1 N–H and O–H groups in total. The van der Waals surface area contributed by atoms with E-state index in [1.807, 2.05) is 63.8 Å². The van der Waals surface area contributed by atoms with Gasteiger partial charge in [0, 0.05) is 24.2 Å². The quantitative estimate of drug-likeness (QED) is 0.182. The van der Waals surface area contributed by atoms with Crippen molar-refractivity contribution in [2.75, 3.05) is 24.4 Å². The summed E-state index contributed by atoms with van der Waals surface area (Å²) in [6.45, 7) is 6.38. The molecule has 0 radical (unpaired) electrons. The number of allylic oxidation sites excluding steroid dienone is 4. The molecule has 59 heavy (non-hydrogen) atoms. The molecule has 300 valence electrons. The van der Waals surface area contributed by atoms with E-state index in [1.165, 1.54) is 7.11 Å². The highest BCUT2D eigenvalue weighted by molar-refractivity contribution is 6.19. The monoisotopic (exact) mass is 794 g/mol. The van der Waals surface area contributed by atoms with Crippen molar-refractivity contribution in [3.05, 3.63) is 132 Å². The first-order valence-corrected chi connectivity index (χ1v) is 18.7. The van der Waals surface area contributed by atoms with E-state index >= 15 is 0 Å². The van der Waals surface area contributed by atoms with Crippen molar-refractivity contribution in [1.82, 2.24) is 39.5 Å². The smallest absolute Gasteiger partial charge is 0.423 e. The number of benzene rings is 2. The third kappa shape index (κ3) is 9.23. The maximum Gasteiger partial charge on any atom is 0.423 e. The van der Waals surface area contributed by atoms with E-state index in [1.54, 1.807) is 83.0 Å². The Hall–Kier alpha value is -7.49. The van der Waals surface area contributed by atoms with Crippen LogP contribution in [0.3, 0.4) is 0 Å².